The zero-order valence-electron chi connectivity index (χ0n) is 13.5. The van der Waals surface area contributed by atoms with Crippen molar-refractivity contribution in [2.24, 2.45) is 0 Å². The third kappa shape index (κ3) is 2.96. The van der Waals surface area contributed by atoms with Crippen molar-refractivity contribution in [3.05, 3.63) is 83.9 Å². The summed E-state index contributed by atoms with van der Waals surface area (Å²) in [6, 6.07) is 26.3. The maximum Gasteiger partial charge on any atom is -0.0149 e. The van der Waals surface area contributed by atoms with Crippen molar-refractivity contribution in [3.63, 3.8) is 0 Å². The first-order chi connectivity index (χ1) is 10.6. The van der Waals surface area contributed by atoms with Gasteiger partial charge in [-0.3, -0.25) is 0 Å². The highest BCUT2D eigenvalue weighted by molar-refractivity contribution is 5.75. The highest BCUT2D eigenvalue weighted by Gasteiger charge is 2.06. The maximum absolute atomic E-state index is 2.30. The second-order valence-corrected chi connectivity index (χ2v) is 6.17. The normalized spacial score (nSPS) is 10.9. The first kappa shape index (κ1) is 14.6. The minimum absolute atomic E-state index is 0.575. The highest BCUT2D eigenvalue weighted by Crippen LogP contribution is 2.30. The zero-order valence-corrected chi connectivity index (χ0v) is 13.5. The quantitative estimate of drug-likeness (QED) is 0.519. The van der Waals surface area contributed by atoms with Gasteiger partial charge in [-0.2, -0.15) is 0 Å². The lowest BCUT2D eigenvalue weighted by Gasteiger charge is -2.11. The highest BCUT2D eigenvalue weighted by atomic mass is 14.1. The van der Waals surface area contributed by atoms with E-state index in [4.69, 9.17) is 0 Å². The molecule has 0 unspecified atom stereocenters. The standard InChI is InChI=1S/C22H22/c1-16(2)18-11-13-20(14-12-18)22-15-21(10-9-17(22)3)19-7-5-4-6-8-19/h4-16H,1-3H3. The number of hydrogen-bond donors (Lipinski definition) is 0. The van der Waals surface area contributed by atoms with Crippen LogP contribution in [0.5, 0.6) is 0 Å². The molecule has 22 heavy (non-hydrogen) atoms. The van der Waals surface area contributed by atoms with Gasteiger partial charge in [0.25, 0.3) is 0 Å². The van der Waals surface area contributed by atoms with Crippen molar-refractivity contribution in [3.8, 4) is 22.3 Å². The summed E-state index contributed by atoms with van der Waals surface area (Å²) in [6.07, 6.45) is 0. The fraction of sp³-hybridized carbons (Fsp3) is 0.182. The Kier molecular flexibility index (Phi) is 4.11. The Morgan fingerprint density at radius 3 is 1.91 bits per heavy atom. The molecule has 3 aromatic rings. The average molecular weight is 286 g/mol. The first-order valence-electron chi connectivity index (χ1n) is 7.91. The average Bonchev–Trinajstić information content (AvgIpc) is 2.56. The number of hydrogen-bond acceptors (Lipinski definition) is 0. The minimum Gasteiger partial charge on any atom is -0.0622 e. The largest absolute Gasteiger partial charge is 0.0622 e. The molecule has 0 aliphatic carbocycles. The molecule has 3 rings (SSSR count). The van der Waals surface area contributed by atoms with E-state index in [1.807, 2.05) is 0 Å². The van der Waals surface area contributed by atoms with Crippen LogP contribution in [0.4, 0.5) is 0 Å². The smallest absolute Gasteiger partial charge is 0.0149 e. The molecular weight excluding hydrogens is 264 g/mol. The van der Waals surface area contributed by atoms with Crippen LogP contribution < -0.4 is 0 Å². The molecule has 0 bridgehead atoms. The van der Waals surface area contributed by atoms with E-state index in [1.165, 1.54) is 33.4 Å². The lowest BCUT2D eigenvalue weighted by molar-refractivity contribution is 0.867. The van der Waals surface area contributed by atoms with Gasteiger partial charge in [-0.1, -0.05) is 80.6 Å². The van der Waals surface area contributed by atoms with Crippen molar-refractivity contribution < 1.29 is 0 Å². The summed E-state index contributed by atoms with van der Waals surface area (Å²) < 4.78 is 0. The molecule has 0 spiro atoms. The Bertz CT molecular complexity index is 750. The van der Waals surface area contributed by atoms with Crippen LogP contribution in [0, 0.1) is 6.92 Å². The Morgan fingerprint density at radius 2 is 1.27 bits per heavy atom. The summed E-state index contributed by atoms with van der Waals surface area (Å²) in [6.45, 7) is 6.65. The molecule has 0 nitrogen and oxygen atoms in total. The lowest BCUT2D eigenvalue weighted by atomic mass is 9.93. The van der Waals surface area contributed by atoms with Gasteiger partial charge < -0.3 is 0 Å². The number of benzene rings is 3. The molecule has 0 fully saturated rings. The van der Waals surface area contributed by atoms with E-state index in [9.17, 15) is 0 Å². The van der Waals surface area contributed by atoms with Crippen molar-refractivity contribution in [1.82, 2.24) is 0 Å². The van der Waals surface area contributed by atoms with Crippen LogP contribution >= 0.6 is 0 Å². The van der Waals surface area contributed by atoms with Crippen LogP contribution in [0.25, 0.3) is 22.3 Å². The van der Waals surface area contributed by atoms with Crippen molar-refractivity contribution in [1.29, 1.82) is 0 Å². The molecule has 3 aromatic carbocycles. The second-order valence-electron chi connectivity index (χ2n) is 6.17. The van der Waals surface area contributed by atoms with Gasteiger partial charge in [0.15, 0.2) is 0 Å². The molecule has 0 aromatic heterocycles. The monoisotopic (exact) mass is 286 g/mol. The fourth-order valence-electron chi connectivity index (χ4n) is 2.79. The third-order valence-corrected chi connectivity index (χ3v) is 4.23. The second kappa shape index (κ2) is 6.19. The lowest BCUT2D eigenvalue weighted by Crippen LogP contribution is -1.89. The summed E-state index contributed by atoms with van der Waals surface area (Å²) in [5, 5.41) is 0. The summed E-state index contributed by atoms with van der Waals surface area (Å²) in [7, 11) is 0. The molecule has 0 aliphatic rings. The van der Waals surface area contributed by atoms with Gasteiger partial charge in [0.1, 0.15) is 0 Å². The van der Waals surface area contributed by atoms with Gasteiger partial charge >= 0.3 is 0 Å². The van der Waals surface area contributed by atoms with E-state index in [2.05, 4.69) is 93.6 Å². The molecule has 0 amide bonds. The summed E-state index contributed by atoms with van der Waals surface area (Å²) in [5.74, 6) is 0.575. The van der Waals surface area contributed by atoms with Crippen LogP contribution in [0.1, 0.15) is 30.9 Å². The van der Waals surface area contributed by atoms with Gasteiger partial charge in [-0.25, -0.2) is 0 Å². The van der Waals surface area contributed by atoms with Crippen LogP contribution in [-0.4, -0.2) is 0 Å². The SMILES string of the molecule is Cc1ccc(-c2ccccc2)cc1-c1ccc(C(C)C)cc1. The topological polar surface area (TPSA) is 0 Å². The van der Waals surface area contributed by atoms with Gasteiger partial charge in [0.2, 0.25) is 0 Å². The van der Waals surface area contributed by atoms with E-state index in [1.54, 1.807) is 0 Å². The summed E-state index contributed by atoms with van der Waals surface area (Å²) >= 11 is 0. The summed E-state index contributed by atoms with van der Waals surface area (Å²) in [5.41, 5.74) is 7.85. The zero-order chi connectivity index (χ0) is 15.5. The van der Waals surface area contributed by atoms with E-state index in [0.29, 0.717) is 5.92 Å². The van der Waals surface area contributed by atoms with Crippen molar-refractivity contribution >= 4 is 0 Å². The van der Waals surface area contributed by atoms with Crippen molar-refractivity contribution in [2.45, 2.75) is 26.7 Å². The van der Waals surface area contributed by atoms with Crippen LogP contribution in [0.15, 0.2) is 72.8 Å². The predicted molar refractivity (Wildman–Crippen MR) is 96.1 cm³/mol. The van der Waals surface area contributed by atoms with E-state index in [-0.39, 0.29) is 0 Å². The van der Waals surface area contributed by atoms with Gasteiger partial charge in [-0.15, -0.1) is 0 Å². The maximum atomic E-state index is 2.30. The Balaban J connectivity index is 2.03. The predicted octanol–water partition coefficient (Wildman–Crippen LogP) is 6.45. The van der Waals surface area contributed by atoms with Gasteiger partial charge in [-0.05, 0) is 52.3 Å². The number of rotatable bonds is 3. The Labute approximate surface area is 133 Å². The molecule has 0 N–H and O–H groups in total. The summed E-state index contributed by atoms with van der Waals surface area (Å²) in [4.78, 5) is 0. The molecule has 0 heterocycles. The molecule has 0 atom stereocenters. The molecule has 0 saturated carbocycles. The molecule has 110 valence electrons. The fourth-order valence-corrected chi connectivity index (χ4v) is 2.79. The minimum atomic E-state index is 0.575. The van der Waals surface area contributed by atoms with Gasteiger partial charge in [0.05, 0.1) is 0 Å². The van der Waals surface area contributed by atoms with E-state index < -0.39 is 0 Å². The van der Waals surface area contributed by atoms with Crippen LogP contribution in [0.3, 0.4) is 0 Å². The molecule has 0 radical (unpaired) electrons. The molecule has 0 heteroatoms. The van der Waals surface area contributed by atoms with Crippen LogP contribution in [0.2, 0.25) is 0 Å². The van der Waals surface area contributed by atoms with E-state index in [0.717, 1.165) is 0 Å². The van der Waals surface area contributed by atoms with Gasteiger partial charge in [0, 0.05) is 0 Å². The van der Waals surface area contributed by atoms with E-state index >= 15 is 0 Å². The molecule has 0 aliphatic heterocycles. The number of aryl methyl sites for hydroxylation is 1. The molecule has 0 saturated heterocycles. The Hall–Kier alpha value is -2.34. The van der Waals surface area contributed by atoms with Crippen LogP contribution in [-0.2, 0) is 0 Å². The Morgan fingerprint density at radius 1 is 0.636 bits per heavy atom. The molecular formula is C22H22. The first-order valence-corrected chi connectivity index (χ1v) is 7.91. The van der Waals surface area contributed by atoms with Crippen molar-refractivity contribution in [2.75, 3.05) is 0 Å². The third-order valence-electron chi connectivity index (χ3n) is 4.23.